The van der Waals surface area contributed by atoms with Gasteiger partial charge >= 0.3 is 0 Å². The van der Waals surface area contributed by atoms with E-state index in [1.807, 2.05) is 0 Å². The molecule has 1 heterocycles. The molecule has 38 valence electrons. The summed E-state index contributed by atoms with van der Waals surface area (Å²) in [5.74, 6) is -0.759. The smallest absolute Gasteiger partial charge is 0.203 e. The zero-order chi connectivity index (χ0) is 5.28. The maximum Gasteiger partial charge on any atom is 0.212 e. The van der Waals surface area contributed by atoms with Crippen molar-refractivity contribution in [2.75, 3.05) is 0 Å². The van der Waals surface area contributed by atoms with Gasteiger partial charge in [0.15, 0.2) is 5.82 Å². The Balaban J connectivity index is 3.12. The van der Waals surface area contributed by atoms with E-state index in [2.05, 4.69) is 0 Å². The lowest BCUT2D eigenvalue weighted by Crippen LogP contribution is -1.64. The standard InChI is InChI=1S/C4H2F2S/c5-3-1-2-7-4(3)6/h1-2H. The van der Waals surface area contributed by atoms with Crippen molar-refractivity contribution in [3.63, 3.8) is 0 Å². The van der Waals surface area contributed by atoms with Gasteiger partial charge in [-0.2, -0.15) is 4.39 Å². The van der Waals surface area contributed by atoms with E-state index in [9.17, 15) is 8.78 Å². The monoisotopic (exact) mass is 120 g/mol. The molecule has 0 aromatic carbocycles. The van der Waals surface area contributed by atoms with Gasteiger partial charge in [0.05, 0.1) is 0 Å². The fourth-order valence-electron chi connectivity index (χ4n) is 0.275. The summed E-state index contributed by atoms with van der Waals surface area (Å²) in [6.45, 7) is 0. The number of hydrogen-bond acceptors (Lipinski definition) is 1. The Morgan fingerprint density at radius 2 is 2.14 bits per heavy atom. The van der Waals surface area contributed by atoms with Crippen molar-refractivity contribution in [2.24, 2.45) is 0 Å². The molecule has 0 fully saturated rings. The van der Waals surface area contributed by atoms with Crippen molar-refractivity contribution in [3.8, 4) is 0 Å². The van der Waals surface area contributed by atoms with E-state index >= 15 is 0 Å². The molecular formula is C4H2F2S. The van der Waals surface area contributed by atoms with Gasteiger partial charge in [0.2, 0.25) is 5.13 Å². The van der Waals surface area contributed by atoms with Crippen LogP contribution in [0.1, 0.15) is 0 Å². The molecule has 0 N–H and O–H groups in total. The Morgan fingerprint density at radius 3 is 2.29 bits per heavy atom. The van der Waals surface area contributed by atoms with Crippen LogP contribution in [0.2, 0.25) is 0 Å². The van der Waals surface area contributed by atoms with E-state index in [0.717, 1.165) is 17.4 Å². The predicted octanol–water partition coefficient (Wildman–Crippen LogP) is 2.03. The quantitative estimate of drug-likeness (QED) is 0.491. The van der Waals surface area contributed by atoms with Gasteiger partial charge in [-0.15, -0.1) is 11.3 Å². The highest BCUT2D eigenvalue weighted by Gasteiger charge is 1.97. The summed E-state index contributed by atoms with van der Waals surface area (Å²) in [5, 5.41) is 0.630. The van der Waals surface area contributed by atoms with Crippen molar-refractivity contribution >= 4 is 11.3 Å². The highest BCUT2D eigenvalue weighted by molar-refractivity contribution is 7.08. The second-order valence-corrected chi connectivity index (χ2v) is 1.91. The number of rotatable bonds is 0. The van der Waals surface area contributed by atoms with Crippen LogP contribution >= 0.6 is 11.3 Å². The average Bonchev–Trinajstić information content (AvgIpc) is 1.91. The van der Waals surface area contributed by atoms with E-state index in [1.54, 1.807) is 0 Å². The minimum absolute atomic E-state index is 0.736. The zero-order valence-corrected chi connectivity index (χ0v) is 4.14. The van der Waals surface area contributed by atoms with Crippen LogP contribution in [-0.2, 0) is 0 Å². The summed E-state index contributed by atoms with van der Waals surface area (Å²) < 4.78 is 23.4. The third-order valence-corrected chi connectivity index (χ3v) is 1.25. The highest BCUT2D eigenvalue weighted by Crippen LogP contribution is 2.10. The maximum atomic E-state index is 11.7. The molecule has 1 aromatic rings. The Bertz CT molecular complexity index is 142. The molecule has 0 saturated heterocycles. The first kappa shape index (κ1) is 4.71. The summed E-state index contributed by atoms with van der Waals surface area (Å²) in [6.07, 6.45) is 0. The molecule has 7 heavy (non-hydrogen) atoms. The van der Waals surface area contributed by atoms with E-state index in [0.29, 0.717) is 0 Å². The van der Waals surface area contributed by atoms with Gasteiger partial charge < -0.3 is 0 Å². The molecule has 3 heteroatoms. The molecule has 0 amide bonds. The SMILES string of the molecule is Fc1ccsc1F. The fraction of sp³-hybridized carbons (Fsp3) is 0. The predicted molar refractivity (Wildman–Crippen MR) is 24.2 cm³/mol. The summed E-state index contributed by atoms with van der Waals surface area (Å²) in [6, 6.07) is 1.10. The lowest BCUT2D eigenvalue weighted by molar-refractivity contribution is 0.531. The summed E-state index contributed by atoms with van der Waals surface area (Å²) in [4.78, 5) is 0. The third kappa shape index (κ3) is 0.771. The Labute approximate surface area is 43.4 Å². The zero-order valence-electron chi connectivity index (χ0n) is 3.32. The van der Waals surface area contributed by atoms with Crippen LogP contribution in [0.25, 0.3) is 0 Å². The molecule has 0 spiro atoms. The molecule has 0 nitrogen and oxygen atoms in total. The Hall–Kier alpha value is -0.440. The van der Waals surface area contributed by atoms with Gasteiger partial charge in [0.25, 0.3) is 0 Å². The van der Waals surface area contributed by atoms with Crippen molar-refractivity contribution < 1.29 is 8.78 Å². The Morgan fingerprint density at radius 1 is 1.43 bits per heavy atom. The first-order valence-corrected chi connectivity index (χ1v) is 2.57. The van der Waals surface area contributed by atoms with Gasteiger partial charge in [-0.25, -0.2) is 4.39 Å². The van der Waals surface area contributed by atoms with E-state index < -0.39 is 10.9 Å². The van der Waals surface area contributed by atoms with Gasteiger partial charge in [-0.1, -0.05) is 0 Å². The normalized spacial score (nSPS) is 9.43. The van der Waals surface area contributed by atoms with E-state index in [1.165, 1.54) is 5.38 Å². The maximum absolute atomic E-state index is 11.7. The van der Waals surface area contributed by atoms with Crippen molar-refractivity contribution in [2.45, 2.75) is 0 Å². The minimum Gasteiger partial charge on any atom is -0.203 e. The van der Waals surface area contributed by atoms with Crippen molar-refractivity contribution in [1.82, 2.24) is 0 Å². The molecule has 0 radical (unpaired) electrons. The minimum atomic E-state index is -0.759. The molecule has 0 bridgehead atoms. The third-order valence-electron chi connectivity index (χ3n) is 0.574. The van der Waals surface area contributed by atoms with Crippen molar-refractivity contribution in [3.05, 3.63) is 22.4 Å². The highest BCUT2D eigenvalue weighted by atomic mass is 32.1. The first-order chi connectivity index (χ1) is 3.30. The molecule has 0 aliphatic heterocycles. The summed E-state index contributed by atoms with van der Waals surface area (Å²) in [7, 11) is 0. The Kier molecular flexibility index (Phi) is 1.06. The lowest BCUT2D eigenvalue weighted by atomic mass is 10.6. The molecule has 1 rings (SSSR count). The van der Waals surface area contributed by atoms with Crippen molar-refractivity contribution in [1.29, 1.82) is 0 Å². The fourth-order valence-corrected chi connectivity index (χ4v) is 0.763. The number of halogens is 2. The molecule has 0 unspecified atom stereocenters. The van der Waals surface area contributed by atoms with Crippen LogP contribution in [0.15, 0.2) is 11.4 Å². The summed E-state index contributed by atoms with van der Waals surface area (Å²) in [5.41, 5.74) is 0. The van der Waals surface area contributed by atoms with Crippen LogP contribution < -0.4 is 0 Å². The summed E-state index contributed by atoms with van der Waals surface area (Å²) >= 11 is 0.763. The molecule has 1 aromatic heterocycles. The second kappa shape index (κ2) is 1.58. The number of hydrogen-bond donors (Lipinski definition) is 0. The topological polar surface area (TPSA) is 0 Å². The average molecular weight is 120 g/mol. The van der Waals surface area contributed by atoms with E-state index in [-0.39, 0.29) is 0 Å². The van der Waals surface area contributed by atoms with Gasteiger partial charge in [0.1, 0.15) is 0 Å². The van der Waals surface area contributed by atoms with E-state index in [4.69, 9.17) is 0 Å². The van der Waals surface area contributed by atoms with Crippen LogP contribution in [0.4, 0.5) is 8.78 Å². The second-order valence-electron chi connectivity index (χ2n) is 1.04. The molecule has 0 atom stereocenters. The molecular weight excluding hydrogens is 118 g/mol. The largest absolute Gasteiger partial charge is 0.212 e. The van der Waals surface area contributed by atoms with Crippen LogP contribution in [-0.4, -0.2) is 0 Å². The van der Waals surface area contributed by atoms with Crippen LogP contribution in [0, 0.1) is 10.9 Å². The van der Waals surface area contributed by atoms with Gasteiger partial charge in [-0.3, -0.25) is 0 Å². The van der Waals surface area contributed by atoms with Crippen LogP contribution in [0.5, 0.6) is 0 Å². The number of thiophene rings is 1. The van der Waals surface area contributed by atoms with Gasteiger partial charge in [-0.05, 0) is 11.4 Å². The lowest BCUT2D eigenvalue weighted by Gasteiger charge is -1.70. The molecule has 0 aliphatic rings. The molecule has 0 saturated carbocycles. The van der Waals surface area contributed by atoms with Gasteiger partial charge in [0, 0.05) is 0 Å². The first-order valence-electron chi connectivity index (χ1n) is 1.69. The molecule has 0 aliphatic carbocycles. The van der Waals surface area contributed by atoms with Crippen LogP contribution in [0.3, 0.4) is 0 Å².